The van der Waals surface area contributed by atoms with Gasteiger partial charge in [-0.25, -0.2) is 14.2 Å². The number of hydrogen-bond donors (Lipinski definition) is 1. The van der Waals surface area contributed by atoms with Crippen molar-refractivity contribution in [3.63, 3.8) is 0 Å². The molecule has 31 heavy (non-hydrogen) atoms. The molecule has 0 bridgehead atoms. The highest BCUT2D eigenvalue weighted by molar-refractivity contribution is 7.17. The van der Waals surface area contributed by atoms with Crippen molar-refractivity contribution in [3.8, 4) is 0 Å². The standard InChI is InChI=1S/C21H15FN2O6S/c1-10-18(20(28)29-2)31-21(23-10)24-15(13-4-3-9-30-13)14(17(26)19(24)27)16(25)11-5-7-12(22)8-6-11/h3-9,15,25H,1-2H3/t15-/m0/s1. The van der Waals surface area contributed by atoms with Gasteiger partial charge in [0, 0.05) is 5.56 Å². The molecule has 2 aromatic heterocycles. The number of ketones is 1. The number of Topliss-reactive ketones (excluding diaryl/α,β-unsaturated/α-hetero) is 1. The number of rotatable bonds is 4. The number of carbonyl (C=O) groups excluding carboxylic acids is 3. The number of aromatic nitrogens is 1. The highest BCUT2D eigenvalue weighted by Crippen LogP contribution is 2.44. The average Bonchev–Trinajstić information content (AvgIpc) is 3.47. The van der Waals surface area contributed by atoms with Crippen LogP contribution < -0.4 is 4.90 Å². The topological polar surface area (TPSA) is 110 Å². The number of esters is 1. The fraction of sp³-hybridized carbons (Fsp3) is 0.143. The summed E-state index contributed by atoms with van der Waals surface area (Å²) < 4.78 is 23.5. The number of aliphatic hydroxyl groups excluding tert-OH is 1. The van der Waals surface area contributed by atoms with Crippen molar-refractivity contribution in [1.82, 2.24) is 4.98 Å². The Morgan fingerprint density at radius 3 is 2.58 bits per heavy atom. The lowest BCUT2D eigenvalue weighted by atomic mass is 9.99. The Labute approximate surface area is 179 Å². The first-order chi connectivity index (χ1) is 14.8. The predicted octanol–water partition coefficient (Wildman–Crippen LogP) is 3.60. The van der Waals surface area contributed by atoms with Gasteiger partial charge in [-0.2, -0.15) is 0 Å². The number of hydrogen-bond acceptors (Lipinski definition) is 8. The van der Waals surface area contributed by atoms with Crippen LogP contribution in [0.15, 0.2) is 52.7 Å². The molecule has 1 N–H and O–H groups in total. The summed E-state index contributed by atoms with van der Waals surface area (Å²) in [5.41, 5.74) is 0.242. The van der Waals surface area contributed by atoms with Gasteiger partial charge >= 0.3 is 11.9 Å². The zero-order chi connectivity index (χ0) is 22.3. The summed E-state index contributed by atoms with van der Waals surface area (Å²) in [6.45, 7) is 1.57. The molecule has 158 valence electrons. The predicted molar refractivity (Wildman–Crippen MR) is 108 cm³/mol. The van der Waals surface area contributed by atoms with Crippen LogP contribution in [0.5, 0.6) is 0 Å². The highest BCUT2D eigenvalue weighted by atomic mass is 32.1. The van der Waals surface area contributed by atoms with Gasteiger partial charge in [0.15, 0.2) is 5.13 Å². The van der Waals surface area contributed by atoms with Crippen molar-refractivity contribution in [2.45, 2.75) is 13.0 Å². The Morgan fingerprint density at radius 1 is 1.26 bits per heavy atom. The lowest BCUT2D eigenvalue weighted by Gasteiger charge is -2.20. The van der Waals surface area contributed by atoms with Crippen molar-refractivity contribution in [3.05, 3.63) is 75.9 Å². The minimum Gasteiger partial charge on any atom is -0.507 e. The Morgan fingerprint density at radius 2 is 1.97 bits per heavy atom. The Hall–Kier alpha value is -3.79. The van der Waals surface area contributed by atoms with Crippen molar-refractivity contribution in [2.75, 3.05) is 12.0 Å². The third-order valence-electron chi connectivity index (χ3n) is 4.74. The molecule has 0 aliphatic carbocycles. The zero-order valence-corrected chi connectivity index (χ0v) is 17.1. The van der Waals surface area contributed by atoms with Crippen molar-refractivity contribution < 1.29 is 33.0 Å². The molecule has 0 spiro atoms. The quantitative estimate of drug-likeness (QED) is 0.285. The molecule has 8 nitrogen and oxygen atoms in total. The van der Waals surface area contributed by atoms with E-state index in [1.54, 1.807) is 19.1 Å². The number of ether oxygens (including phenoxy) is 1. The van der Waals surface area contributed by atoms with Crippen LogP contribution in [0, 0.1) is 12.7 Å². The van der Waals surface area contributed by atoms with Crippen molar-refractivity contribution >= 4 is 39.9 Å². The van der Waals surface area contributed by atoms with Crippen molar-refractivity contribution in [2.24, 2.45) is 0 Å². The summed E-state index contributed by atoms with van der Waals surface area (Å²) in [6, 6.07) is 6.82. The molecule has 1 amide bonds. The summed E-state index contributed by atoms with van der Waals surface area (Å²) in [7, 11) is 1.22. The van der Waals surface area contributed by atoms with Crippen LogP contribution in [-0.2, 0) is 14.3 Å². The maximum atomic E-state index is 13.3. The maximum Gasteiger partial charge on any atom is 0.350 e. The summed E-state index contributed by atoms with van der Waals surface area (Å²) in [6.07, 6.45) is 1.36. The molecule has 0 unspecified atom stereocenters. The fourth-order valence-corrected chi connectivity index (χ4v) is 4.29. The molecule has 0 saturated carbocycles. The fourth-order valence-electron chi connectivity index (χ4n) is 3.28. The molecule has 1 atom stereocenters. The third kappa shape index (κ3) is 3.40. The van der Waals surface area contributed by atoms with E-state index in [2.05, 4.69) is 4.98 Å². The second-order valence-electron chi connectivity index (χ2n) is 6.59. The molecule has 3 aromatic rings. The number of anilines is 1. The number of aryl methyl sites for hydroxylation is 1. The first-order valence-electron chi connectivity index (χ1n) is 8.99. The molecular formula is C21H15FN2O6S. The monoisotopic (exact) mass is 442 g/mol. The van der Waals surface area contributed by atoms with E-state index in [9.17, 15) is 23.9 Å². The lowest BCUT2D eigenvalue weighted by Crippen LogP contribution is -2.29. The number of furan rings is 1. The van der Waals surface area contributed by atoms with Crippen LogP contribution in [0.4, 0.5) is 9.52 Å². The van der Waals surface area contributed by atoms with Gasteiger partial charge < -0.3 is 14.3 Å². The number of methoxy groups -OCH3 is 1. The van der Waals surface area contributed by atoms with Crippen LogP contribution in [0.1, 0.15) is 32.7 Å². The van der Waals surface area contributed by atoms with Gasteiger partial charge in [-0.05, 0) is 43.3 Å². The summed E-state index contributed by atoms with van der Waals surface area (Å²) >= 11 is 0.880. The maximum absolute atomic E-state index is 13.3. The largest absolute Gasteiger partial charge is 0.507 e. The number of thiazole rings is 1. The molecule has 1 saturated heterocycles. The molecule has 3 heterocycles. The lowest BCUT2D eigenvalue weighted by molar-refractivity contribution is -0.132. The van der Waals surface area contributed by atoms with Crippen molar-refractivity contribution in [1.29, 1.82) is 0 Å². The van der Waals surface area contributed by atoms with Gasteiger partial charge in [-0.1, -0.05) is 11.3 Å². The van der Waals surface area contributed by atoms with E-state index in [4.69, 9.17) is 9.15 Å². The number of carbonyl (C=O) groups is 3. The second kappa shape index (κ2) is 7.80. The summed E-state index contributed by atoms with van der Waals surface area (Å²) in [5.74, 6) is -3.34. The number of nitrogens with zero attached hydrogens (tertiary/aromatic N) is 2. The molecule has 1 aliphatic rings. The SMILES string of the molecule is COC(=O)c1sc(N2C(=O)C(=O)C(=C(O)c3ccc(F)cc3)[C@@H]2c2ccco2)nc1C. The van der Waals surface area contributed by atoms with E-state index >= 15 is 0 Å². The third-order valence-corrected chi connectivity index (χ3v) is 5.87. The van der Waals surface area contributed by atoms with Crippen LogP contribution in [0.2, 0.25) is 0 Å². The summed E-state index contributed by atoms with van der Waals surface area (Å²) in [4.78, 5) is 43.4. The van der Waals surface area contributed by atoms with Gasteiger partial charge in [0.25, 0.3) is 5.78 Å². The molecule has 1 fully saturated rings. The van der Waals surface area contributed by atoms with E-state index < -0.39 is 35.3 Å². The van der Waals surface area contributed by atoms with E-state index in [0.29, 0.717) is 5.69 Å². The molecule has 10 heteroatoms. The van der Waals surface area contributed by atoms with Gasteiger partial charge in [0.05, 0.1) is 24.6 Å². The number of halogens is 1. The zero-order valence-electron chi connectivity index (χ0n) is 16.3. The van der Waals surface area contributed by atoms with E-state index in [-0.39, 0.29) is 26.9 Å². The minimum atomic E-state index is -1.13. The molecule has 4 rings (SSSR count). The van der Waals surface area contributed by atoms with Crippen LogP contribution in [-0.4, -0.2) is 34.9 Å². The van der Waals surface area contributed by atoms with Crippen LogP contribution >= 0.6 is 11.3 Å². The molecule has 0 radical (unpaired) electrons. The normalized spacial score (nSPS) is 17.9. The number of benzene rings is 1. The van der Waals surface area contributed by atoms with E-state index in [0.717, 1.165) is 28.4 Å². The number of amides is 1. The first-order valence-corrected chi connectivity index (χ1v) is 9.81. The molecule has 1 aromatic carbocycles. The minimum absolute atomic E-state index is 0.0690. The van der Waals surface area contributed by atoms with E-state index in [1.807, 2.05) is 0 Å². The Kier molecular flexibility index (Phi) is 5.15. The van der Waals surface area contributed by atoms with Gasteiger partial charge in [0.2, 0.25) is 0 Å². The van der Waals surface area contributed by atoms with E-state index in [1.165, 1.54) is 25.5 Å². The van der Waals surface area contributed by atoms with Gasteiger partial charge in [0.1, 0.15) is 28.3 Å². The highest BCUT2D eigenvalue weighted by Gasteiger charge is 2.49. The average molecular weight is 442 g/mol. The smallest absolute Gasteiger partial charge is 0.350 e. The van der Waals surface area contributed by atoms with Gasteiger partial charge in [-0.15, -0.1) is 0 Å². The Balaban J connectivity index is 1.90. The summed E-state index contributed by atoms with van der Waals surface area (Å²) in [5, 5.41) is 10.9. The molecular weight excluding hydrogens is 427 g/mol. The Bertz CT molecular complexity index is 1210. The second-order valence-corrected chi connectivity index (χ2v) is 7.57. The van der Waals surface area contributed by atoms with Crippen LogP contribution in [0.3, 0.4) is 0 Å². The first kappa shape index (κ1) is 20.5. The van der Waals surface area contributed by atoms with Gasteiger partial charge in [-0.3, -0.25) is 14.5 Å². The molecule has 1 aliphatic heterocycles. The number of aliphatic hydroxyl groups is 1. The van der Waals surface area contributed by atoms with Crippen LogP contribution in [0.25, 0.3) is 5.76 Å².